The van der Waals surface area contributed by atoms with E-state index >= 15 is 0 Å². The Kier molecular flexibility index (Phi) is 4.11. The van der Waals surface area contributed by atoms with Gasteiger partial charge in [0.05, 0.1) is 23.5 Å². The van der Waals surface area contributed by atoms with E-state index in [1.165, 1.54) is 0 Å². The van der Waals surface area contributed by atoms with Crippen molar-refractivity contribution in [3.05, 3.63) is 47.8 Å². The van der Waals surface area contributed by atoms with E-state index in [-0.39, 0.29) is 5.91 Å². The summed E-state index contributed by atoms with van der Waals surface area (Å²) in [5.74, 6) is 0.206. The number of fused-ring (bicyclic) bond motifs is 1. The molecular weight excluding hydrogens is 318 g/mol. The Morgan fingerprint density at radius 3 is 2.72 bits per heavy atom. The second-order valence-corrected chi connectivity index (χ2v) is 6.15. The van der Waals surface area contributed by atoms with Crippen molar-refractivity contribution in [2.45, 2.75) is 26.4 Å². The Bertz CT molecular complexity index is 967. The number of nitrogens with one attached hydrogen (secondary N) is 2. The van der Waals surface area contributed by atoms with Crippen molar-refractivity contribution >= 4 is 22.6 Å². The van der Waals surface area contributed by atoms with Gasteiger partial charge >= 0.3 is 0 Å². The number of pyridine rings is 1. The summed E-state index contributed by atoms with van der Waals surface area (Å²) in [4.78, 5) is 16.8. The molecule has 0 bridgehead atoms. The lowest BCUT2D eigenvalue weighted by Gasteiger charge is -2.25. The van der Waals surface area contributed by atoms with E-state index in [4.69, 9.17) is 10.00 Å². The van der Waals surface area contributed by atoms with Crippen LogP contribution < -0.4 is 10.1 Å². The molecule has 0 aliphatic carbocycles. The van der Waals surface area contributed by atoms with Crippen LogP contribution in [0, 0.1) is 18.3 Å². The predicted octanol–water partition coefficient (Wildman–Crippen LogP) is 2.93. The zero-order valence-corrected chi connectivity index (χ0v) is 14.1. The van der Waals surface area contributed by atoms with Gasteiger partial charge in [0.25, 0.3) is 5.91 Å². The van der Waals surface area contributed by atoms with Crippen LogP contribution in [0.25, 0.3) is 11.0 Å². The molecule has 3 rings (SSSR count). The lowest BCUT2D eigenvalue weighted by Crippen LogP contribution is -2.42. The molecule has 0 fully saturated rings. The first-order valence-electron chi connectivity index (χ1n) is 7.70. The molecule has 0 atom stereocenters. The molecule has 2 aromatic heterocycles. The molecule has 25 heavy (non-hydrogen) atoms. The first kappa shape index (κ1) is 16.5. The van der Waals surface area contributed by atoms with Crippen molar-refractivity contribution in [2.24, 2.45) is 0 Å². The van der Waals surface area contributed by atoms with E-state index in [0.717, 1.165) is 11.1 Å². The molecule has 126 valence electrons. The van der Waals surface area contributed by atoms with Gasteiger partial charge in [0.1, 0.15) is 5.75 Å². The number of anilines is 1. The lowest BCUT2D eigenvalue weighted by molar-refractivity contribution is -0.128. The van der Waals surface area contributed by atoms with Gasteiger partial charge in [0.2, 0.25) is 0 Å². The van der Waals surface area contributed by atoms with Gasteiger partial charge in [0, 0.05) is 11.1 Å². The maximum absolute atomic E-state index is 12.6. The molecule has 0 aliphatic heterocycles. The van der Waals surface area contributed by atoms with Crippen LogP contribution in [0.3, 0.4) is 0 Å². The molecular formula is C18H17N5O2. The lowest BCUT2D eigenvalue weighted by atomic mass is 10.1. The largest absolute Gasteiger partial charge is 0.478 e. The van der Waals surface area contributed by atoms with Crippen molar-refractivity contribution in [1.29, 1.82) is 5.26 Å². The van der Waals surface area contributed by atoms with E-state index in [1.54, 1.807) is 44.3 Å². The van der Waals surface area contributed by atoms with Crippen molar-refractivity contribution in [2.75, 3.05) is 5.32 Å². The highest BCUT2D eigenvalue weighted by molar-refractivity contribution is 5.98. The summed E-state index contributed by atoms with van der Waals surface area (Å²) in [7, 11) is 0. The van der Waals surface area contributed by atoms with Crippen LogP contribution in [-0.4, -0.2) is 26.7 Å². The summed E-state index contributed by atoms with van der Waals surface area (Å²) in [6.07, 6.45) is 1.55. The third kappa shape index (κ3) is 3.43. The van der Waals surface area contributed by atoms with Gasteiger partial charge < -0.3 is 10.1 Å². The molecule has 1 amide bonds. The normalized spacial score (nSPS) is 11.1. The Morgan fingerprint density at radius 1 is 1.32 bits per heavy atom. The fourth-order valence-corrected chi connectivity index (χ4v) is 2.31. The van der Waals surface area contributed by atoms with Gasteiger partial charge in [-0.1, -0.05) is 0 Å². The van der Waals surface area contributed by atoms with Crippen molar-refractivity contribution in [1.82, 2.24) is 15.2 Å². The van der Waals surface area contributed by atoms with E-state index in [1.807, 2.05) is 19.1 Å². The Morgan fingerprint density at radius 2 is 2.04 bits per heavy atom. The minimum absolute atomic E-state index is 0.306. The third-order valence-corrected chi connectivity index (χ3v) is 3.76. The Labute approximate surface area is 144 Å². The summed E-state index contributed by atoms with van der Waals surface area (Å²) in [6, 6.07) is 10.5. The number of nitriles is 1. The molecule has 0 aliphatic rings. The van der Waals surface area contributed by atoms with Gasteiger partial charge in [-0.25, -0.2) is 4.98 Å². The minimum atomic E-state index is -1.10. The van der Waals surface area contributed by atoms with Crippen LogP contribution in [0.4, 0.5) is 5.69 Å². The van der Waals surface area contributed by atoms with Crippen LogP contribution >= 0.6 is 0 Å². The van der Waals surface area contributed by atoms with Crippen LogP contribution in [0.1, 0.15) is 25.1 Å². The van der Waals surface area contributed by atoms with E-state index in [2.05, 4.69) is 20.5 Å². The number of nitrogens with zero attached hydrogens (tertiary/aromatic N) is 3. The summed E-state index contributed by atoms with van der Waals surface area (Å²) < 4.78 is 5.77. The number of hydrogen-bond donors (Lipinski definition) is 2. The Balaban J connectivity index is 1.75. The monoisotopic (exact) mass is 335 g/mol. The van der Waals surface area contributed by atoms with Gasteiger partial charge in [-0.05, 0) is 51.1 Å². The van der Waals surface area contributed by atoms with Crippen molar-refractivity contribution in [3.8, 4) is 11.8 Å². The molecule has 1 aromatic carbocycles. The second-order valence-electron chi connectivity index (χ2n) is 6.15. The molecule has 2 heterocycles. The van der Waals surface area contributed by atoms with E-state index < -0.39 is 5.60 Å². The first-order chi connectivity index (χ1) is 11.9. The van der Waals surface area contributed by atoms with E-state index in [9.17, 15) is 4.79 Å². The number of carbonyl (C=O) groups excluding carboxylic acids is 1. The van der Waals surface area contributed by atoms with Crippen LogP contribution in [-0.2, 0) is 4.79 Å². The molecule has 7 nitrogen and oxygen atoms in total. The zero-order valence-electron chi connectivity index (χ0n) is 14.1. The quantitative estimate of drug-likeness (QED) is 0.763. The fraction of sp³-hybridized carbons (Fsp3) is 0.222. The number of aromatic nitrogens is 3. The third-order valence-electron chi connectivity index (χ3n) is 3.76. The van der Waals surface area contributed by atoms with Crippen molar-refractivity contribution < 1.29 is 9.53 Å². The predicted molar refractivity (Wildman–Crippen MR) is 93.1 cm³/mol. The molecule has 0 unspecified atom stereocenters. The zero-order chi connectivity index (χ0) is 18.0. The average Bonchev–Trinajstić information content (AvgIpc) is 2.96. The van der Waals surface area contributed by atoms with Crippen LogP contribution in [0.2, 0.25) is 0 Å². The van der Waals surface area contributed by atoms with E-state index in [0.29, 0.717) is 22.6 Å². The fourth-order valence-electron chi connectivity index (χ4n) is 2.31. The molecule has 0 spiro atoms. The highest BCUT2D eigenvalue weighted by Gasteiger charge is 2.30. The number of aryl methyl sites for hydroxylation is 1. The Hall–Kier alpha value is -3.40. The average molecular weight is 335 g/mol. The molecule has 7 heteroatoms. The SMILES string of the molecule is Cc1[nH]nc2ncc(NC(=O)C(C)(C)Oc3ccc(C#N)cc3)cc12. The van der Waals surface area contributed by atoms with Crippen molar-refractivity contribution in [3.63, 3.8) is 0 Å². The number of carbonyl (C=O) groups is 1. The smallest absolute Gasteiger partial charge is 0.268 e. The highest BCUT2D eigenvalue weighted by atomic mass is 16.5. The summed E-state index contributed by atoms with van der Waals surface area (Å²) >= 11 is 0. The minimum Gasteiger partial charge on any atom is -0.478 e. The van der Waals surface area contributed by atoms with Crippen LogP contribution in [0.5, 0.6) is 5.75 Å². The maximum Gasteiger partial charge on any atom is 0.268 e. The first-order valence-corrected chi connectivity index (χ1v) is 7.70. The molecule has 0 radical (unpaired) electrons. The standard InChI is InChI=1S/C18H17N5O2/c1-11-15-8-13(10-20-16(15)23-22-11)21-17(24)18(2,3)25-14-6-4-12(9-19)5-7-14/h4-8,10H,1-3H3,(H,21,24)(H,20,22,23). The molecule has 0 saturated carbocycles. The summed E-state index contributed by atoms with van der Waals surface area (Å²) in [5, 5.41) is 19.4. The number of H-pyrrole nitrogens is 1. The molecule has 3 aromatic rings. The van der Waals surface area contributed by atoms with Gasteiger partial charge in [-0.2, -0.15) is 10.4 Å². The number of rotatable bonds is 4. The van der Waals surface area contributed by atoms with Gasteiger partial charge in [-0.15, -0.1) is 0 Å². The topological polar surface area (TPSA) is 104 Å². The van der Waals surface area contributed by atoms with Crippen LogP contribution in [0.15, 0.2) is 36.5 Å². The number of amides is 1. The van der Waals surface area contributed by atoms with Gasteiger partial charge in [-0.3, -0.25) is 9.89 Å². The van der Waals surface area contributed by atoms with Gasteiger partial charge in [0.15, 0.2) is 11.2 Å². The second kappa shape index (κ2) is 6.24. The molecule has 2 N–H and O–H groups in total. The highest BCUT2D eigenvalue weighted by Crippen LogP contribution is 2.22. The molecule has 0 saturated heterocycles. The maximum atomic E-state index is 12.6. The number of ether oxygens (including phenoxy) is 1. The number of hydrogen-bond acceptors (Lipinski definition) is 5. The summed E-state index contributed by atoms with van der Waals surface area (Å²) in [6.45, 7) is 5.24. The number of aromatic amines is 1. The summed E-state index contributed by atoms with van der Waals surface area (Å²) in [5.41, 5.74) is 1.48. The number of benzene rings is 1.